The number of nitrogens with zero attached hydrogens (tertiary/aromatic N) is 1. The molecule has 4 rings (SSSR count). The zero-order valence-electron chi connectivity index (χ0n) is 12.0. The second-order valence-corrected chi connectivity index (χ2v) is 7.05. The molecule has 118 valence electrons. The molecule has 0 N–H and O–H groups in total. The molecule has 1 atom stereocenters. The Labute approximate surface area is 142 Å². The van der Waals surface area contributed by atoms with Gasteiger partial charge in [0.1, 0.15) is 10.5 Å². The molecule has 1 aromatic heterocycles. The number of furan rings is 1. The third-order valence-corrected chi connectivity index (χ3v) is 5.18. The Kier molecular flexibility index (Phi) is 3.74. The van der Waals surface area contributed by atoms with Crippen LogP contribution < -0.4 is 9.47 Å². The molecule has 0 saturated carbocycles. The van der Waals surface area contributed by atoms with Crippen molar-refractivity contribution in [2.75, 3.05) is 6.79 Å². The summed E-state index contributed by atoms with van der Waals surface area (Å²) in [6, 6.07) is 9.29. The van der Waals surface area contributed by atoms with Gasteiger partial charge in [0.25, 0.3) is 5.91 Å². The molecule has 3 heterocycles. The van der Waals surface area contributed by atoms with Crippen LogP contribution >= 0.6 is 24.4 Å². The van der Waals surface area contributed by atoms with Crippen LogP contribution in [0.1, 0.15) is 11.3 Å². The van der Waals surface area contributed by atoms with Crippen LogP contribution in [0.5, 0.6) is 11.5 Å². The molecule has 2 aliphatic heterocycles. The molecule has 2 aromatic rings. The van der Waals surface area contributed by atoms with Crippen LogP contribution in [0.3, 0.4) is 0 Å². The average Bonchev–Trinajstić information content (AvgIpc) is 3.25. The Morgan fingerprint density at radius 2 is 2.17 bits per heavy atom. The highest BCUT2D eigenvalue weighted by atomic mass is 32.2. The van der Waals surface area contributed by atoms with E-state index >= 15 is 0 Å². The molecule has 7 heteroatoms. The fourth-order valence-corrected chi connectivity index (χ4v) is 3.91. The van der Waals surface area contributed by atoms with Crippen molar-refractivity contribution in [2.45, 2.75) is 11.3 Å². The molecule has 0 spiro atoms. The molecule has 1 amide bonds. The molecule has 1 saturated heterocycles. The van der Waals surface area contributed by atoms with E-state index in [0.717, 1.165) is 11.3 Å². The number of carbonyl (C=O) groups is 1. The van der Waals surface area contributed by atoms with Crippen LogP contribution in [0.2, 0.25) is 0 Å². The maximum Gasteiger partial charge on any atom is 0.262 e. The number of hydrogen-bond donors (Lipinski definition) is 1. The van der Waals surface area contributed by atoms with E-state index in [1.807, 2.05) is 24.3 Å². The Morgan fingerprint density at radius 1 is 1.30 bits per heavy atom. The van der Waals surface area contributed by atoms with Crippen molar-refractivity contribution in [3.8, 4) is 11.5 Å². The first kappa shape index (κ1) is 14.6. The van der Waals surface area contributed by atoms with Gasteiger partial charge in [-0.3, -0.25) is 4.79 Å². The highest BCUT2D eigenvalue weighted by Gasteiger charge is 2.34. The number of thiol groups is 1. The van der Waals surface area contributed by atoms with E-state index in [2.05, 4.69) is 12.6 Å². The first-order valence-electron chi connectivity index (χ1n) is 7.00. The lowest BCUT2D eigenvalue weighted by Crippen LogP contribution is -2.28. The predicted molar refractivity (Wildman–Crippen MR) is 90.2 cm³/mol. The van der Waals surface area contributed by atoms with Crippen molar-refractivity contribution in [2.24, 2.45) is 0 Å². The molecule has 0 bridgehead atoms. The van der Waals surface area contributed by atoms with Crippen LogP contribution in [0.15, 0.2) is 45.9 Å². The van der Waals surface area contributed by atoms with Gasteiger partial charge in [0, 0.05) is 6.54 Å². The van der Waals surface area contributed by atoms with Crippen molar-refractivity contribution >= 4 is 36.4 Å². The standard InChI is InChI=1S/C16H13NO4S2/c18-15-14(7-11-2-1-5-19-11)23-16(22)17(15)8-10-3-4-12-13(6-10)21-9-20-12/h1-7,16,22H,8-9H2/b14-7-. The van der Waals surface area contributed by atoms with E-state index in [0.29, 0.717) is 23.0 Å². The molecule has 1 aromatic carbocycles. The predicted octanol–water partition coefficient (Wildman–Crippen LogP) is 3.34. The minimum absolute atomic E-state index is 0.0518. The monoisotopic (exact) mass is 347 g/mol. The average molecular weight is 347 g/mol. The minimum atomic E-state index is -0.228. The van der Waals surface area contributed by atoms with Crippen molar-refractivity contribution in [1.82, 2.24) is 4.90 Å². The first-order valence-corrected chi connectivity index (χ1v) is 8.40. The number of thioether (sulfide) groups is 1. The van der Waals surface area contributed by atoms with Gasteiger partial charge >= 0.3 is 0 Å². The van der Waals surface area contributed by atoms with Gasteiger partial charge in [0.2, 0.25) is 6.79 Å². The Balaban J connectivity index is 1.54. The van der Waals surface area contributed by atoms with Crippen LogP contribution in [-0.2, 0) is 11.3 Å². The van der Waals surface area contributed by atoms with E-state index in [4.69, 9.17) is 13.9 Å². The zero-order valence-corrected chi connectivity index (χ0v) is 13.7. The number of carbonyl (C=O) groups excluding carboxylic acids is 1. The van der Waals surface area contributed by atoms with Gasteiger partial charge in [-0.15, -0.1) is 12.6 Å². The molecular formula is C16H13NO4S2. The quantitative estimate of drug-likeness (QED) is 0.682. The normalized spacial score (nSPS) is 21.4. The van der Waals surface area contributed by atoms with E-state index in [9.17, 15) is 4.79 Å². The zero-order chi connectivity index (χ0) is 15.8. The Morgan fingerprint density at radius 3 is 3.00 bits per heavy atom. The number of benzene rings is 1. The van der Waals surface area contributed by atoms with E-state index in [-0.39, 0.29) is 17.4 Å². The number of ether oxygens (including phenoxy) is 2. The molecule has 2 aliphatic rings. The Hall–Kier alpha value is -1.99. The van der Waals surface area contributed by atoms with Gasteiger partial charge < -0.3 is 18.8 Å². The highest BCUT2D eigenvalue weighted by Crippen LogP contribution is 2.40. The molecule has 5 nitrogen and oxygen atoms in total. The minimum Gasteiger partial charge on any atom is -0.465 e. The Bertz CT molecular complexity index is 772. The van der Waals surface area contributed by atoms with E-state index < -0.39 is 0 Å². The van der Waals surface area contributed by atoms with Crippen molar-refractivity contribution < 1.29 is 18.7 Å². The molecule has 1 unspecified atom stereocenters. The largest absolute Gasteiger partial charge is 0.465 e. The first-order chi connectivity index (χ1) is 11.2. The summed E-state index contributed by atoms with van der Waals surface area (Å²) in [5, 5.41) is 0. The number of fused-ring (bicyclic) bond motifs is 1. The molecule has 23 heavy (non-hydrogen) atoms. The van der Waals surface area contributed by atoms with Crippen molar-refractivity contribution in [3.63, 3.8) is 0 Å². The molecule has 0 aliphatic carbocycles. The third kappa shape index (κ3) is 2.82. The van der Waals surface area contributed by atoms with Crippen molar-refractivity contribution in [3.05, 3.63) is 52.8 Å². The van der Waals surface area contributed by atoms with Crippen LogP contribution in [0.4, 0.5) is 0 Å². The lowest BCUT2D eigenvalue weighted by Gasteiger charge is -2.19. The topological polar surface area (TPSA) is 51.9 Å². The van der Waals surface area contributed by atoms with Crippen molar-refractivity contribution in [1.29, 1.82) is 0 Å². The fourth-order valence-electron chi connectivity index (χ4n) is 2.45. The van der Waals surface area contributed by atoms with Gasteiger partial charge in [-0.2, -0.15) is 0 Å². The second kappa shape index (κ2) is 5.90. The van der Waals surface area contributed by atoms with E-state index in [1.54, 1.807) is 23.3 Å². The molecule has 1 fully saturated rings. The summed E-state index contributed by atoms with van der Waals surface area (Å²) in [6.45, 7) is 0.703. The van der Waals surface area contributed by atoms with Crippen LogP contribution in [0, 0.1) is 0 Å². The summed E-state index contributed by atoms with van der Waals surface area (Å²) < 4.78 is 15.7. The summed E-state index contributed by atoms with van der Waals surface area (Å²) in [6.07, 6.45) is 3.33. The van der Waals surface area contributed by atoms with Crippen LogP contribution in [0.25, 0.3) is 6.08 Å². The van der Waals surface area contributed by atoms with E-state index in [1.165, 1.54) is 11.8 Å². The number of hydrogen-bond acceptors (Lipinski definition) is 6. The lowest BCUT2D eigenvalue weighted by molar-refractivity contribution is -0.125. The SMILES string of the molecule is O=C1/C(=C/c2ccco2)SC(S)N1Cc1ccc2c(c1)OCO2. The van der Waals surface area contributed by atoms with Gasteiger partial charge in [-0.25, -0.2) is 0 Å². The highest BCUT2D eigenvalue weighted by molar-refractivity contribution is 8.14. The fraction of sp³-hybridized carbons (Fsp3) is 0.188. The number of amides is 1. The molecule has 0 radical (unpaired) electrons. The maximum atomic E-state index is 12.6. The van der Waals surface area contributed by atoms with Gasteiger partial charge in [0.15, 0.2) is 11.5 Å². The summed E-state index contributed by atoms with van der Waals surface area (Å²) in [7, 11) is 0. The smallest absolute Gasteiger partial charge is 0.262 e. The molecular weight excluding hydrogens is 334 g/mol. The van der Waals surface area contributed by atoms with Gasteiger partial charge in [-0.05, 0) is 35.9 Å². The van der Waals surface area contributed by atoms with Gasteiger partial charge in [-0.1, -0.05) is 17.8 Å². The summed E-state index contributed by atoms with van der Waals surface area (Å²) in [4.78, 5) is 14.9. The summed E-state index contributed by atoms with van der Waals surface area (Å²) in [5.41, 5.74) is 0.974. The van der Waals surface area contributed by atoms with Crippen LogP contribution in [-0.4, -0.2) is 22.3 Å². The second-order valence-electron chi connectivity index (χ2n) is 5.09. The summed E-state index contributed by atoms with van der Waals surface area (Å²) in [5.74, 6) is 2.05. The lowest BCUT2D eigenvalue weighted by atomic mass is 10.2. The maximum absolute atomic E-state index is 12.6. The number of rotatable bonds is 3. The van der Waals surface area contributed by atoms with Gasteiger partial charge in [0.05, 0.1) is 11.2 Å². The summed E-state index contributed by atoms with van der Waals surface area (Å²) >= 11 is 5.92. The third-order valence-electron chi connectivity index (χ3n) is 3.58.